The maximum absolute atomic E-state index is 6.01. The molecule has 2 rings (SSSR count). The van der Waals surface area contributed by atoms with Gasteiger partial charge in [0, 0.05) is 11.5 Å². The van der Waals surface area contributed by atoms with Crippen molar-refractivity contribution < 1.29 is 9.47 Å². The average molecular weight is 274 g/mol. The highest BCUT2D eigenvalue weighted by molar-refractivity contribution is 5.85. The summed E-state index contributed by atoms with van der Waals surface area (Å²) < 4.78 is 11.3. The molecule has 0 fully saturated rings. The zero-order valence-electron chi connectivity index (χ0n) is 12.4. The van der Waals surface area contributed by atoms with Gasteiger partial charge >= 0.3 is 0 Å². The van der Waals surface area contributed by atoms with Crippen molar-refractivity contribution in [3.8, 4) is 11.5 Å². The van der Waals surface area contributed by atoms with Crippen molar-refractivity contribution >= 4 is 16.7 Å². The second kappa shape index (κ2) is 6.46. The van der Waals surface area contributed by atoms with Crippen molar-refractivity contribution in [1.29, 1.82) is 0 Å². The van der Waals surface area contributed by atoms with Gasteiger partial charge in [-0.1, -0.05) is 13.3 Å². The molecule has 2 aromatic rings. The summed E-state index contributed by atoms with van der Waals surface area (Å²) in [5, 5.41) is 1.04. The quantitative estimate of drug-likeness (QED) is 0.875. The van der Waals surface area contributed by atoms with Gasteiger partial charge in [-0.2, -0.15) is 0 Å². The van der Waals surface area contributed by atoms with Gasteiger partial charge in [-0.15, -0.1) is 0 Å². The van der Waals surface area contributed by atoms with Crippen LogP contribution in [0.1, 0.15) is 32.8 Å². The van der Waals surface area contributed by atoms with Crippen LogP contribution in [0.4, 0.5) is 5.82 Å². The summed E-state index contributed by atoms with van der Waals surface area (Å²) in [6.45, 7) is 7.24. The maximum Gasteiger partial charge on any atom is 0.163 e. The van der Waals surface area contributed by atoms with Gasteiger partial charge in [-0.05, 0) is 38.0 Å². The van der Waals surface area contributed by atoms with E-state index in [9.17, 15) is 0 Å². The Hall–Kier alpha value is -1.97. The van der Waals surface area contributed by atoms with Gasteiger partial charge in [-0.3, -0.25) is 0 Å². The number of aromatic nitrogens is 1. The van der Waals surface area contributed by atoms with Gasteiger partial charge in [0.15, 0.2) is 11.5 Å². The number of pyridine rings is 1. The van der Waals surface area contributed by atoms with Crippen molar-refractivity contribution in [2.75, 3.05) is 18.9 Å². The minimum atomic E-state index is 0.592. The fraction of sp³-hybridized carbons (Fsp3) is 0.438. The van der Waals surface area contributed by atoms with Crippen LogP contribution in [0.15, 0.2) is 18.2 Å². The van der Waals surface area contributed by atoms with Crippen LogP contribution in [0.3, 0.4) is 0 Å². The van der Waals surface area contributed by atoms with E-state index in [0.29, 0.717) is 19.0 Å². The summed E-state index contributed by atoms with van der Waals surface area (Å²) in [5.74, 6) is 2.08. The Morgan fingerprint density at radius 3 is 2.25 bits per heavy atom. The predicted octanol–water partition coefficient (Wildman–Crippen LogP) is 3.57. The van der Waals surface area contributed by atoms with E-state index in [0.717, 1.165) is 40.8 Å². The second-order valence-electron chi connectivity index (χ2n) is 4.64. The molecular formula is C16H22N2O2. The first-order valence-electron chi connectivity index (χ1n) is 7.18. The van der Waals surface area contributed by atoms with Gasteiger partial charge in [0.25, 0.3) is 0 Å². The Balaban J connectivity index is 2.54. The molecule has 0 atom stereocenters. The smallest absolute Gasteiger partial charge is 0.163 e. The summed E-state index contributed by atoms with van der Waals surface area (Å²) in [6.07, 6.45) is 1.98. The Bertz CT molecular complexity index is 597. The molecule has 0 spiro atoms. The summed E-state index contributed by atoms with van der Waals surface area (Å²) >= 11 is 0. The van der Waals surface area contributed by atoms with E-state index in [1.165, 1.54) is 0 Å². The van der Waals surface area contributed by atoms with Crippen molar-refractivity contribution in [3.05, 3.63) is 23.8 Å². The number of rotatable bonds is 6. The molecule has 20 heavy (non-hydrogen) atoms. The summed E-state index contributed by atoms with van der Waals surface area (Å²) in [5.41, 5.74) is 7.94. The summed E-state index contributed by atoms with van der Waals surface area (Å²) in [7, 11) is 0. The lowest BCUT2D eigenvalue weighted by Crippen LogP contribution is -2.01. The van der Waals surface area contributed by atoms with E-state index in [2.05, 4.69) is 18.0 Å². The molecule has 0 radical (unpaired) electrons. The van der Waals surface area contributed by atoms with Crippen LogP contribution < -0.4 is 15.2 Å². The monoisotopic (exact) mass is 274 g/mol. The fourth-order valence-electron chi connectivity index (χ4n) is 2.25. The Morgan fingerprint density at radius 2 is 1.65 bits per heavy atom. The molecule has 2 N–H and O–H groups in total. The lowest BCUT2D eigenvalue weighted by molar-refractivity contribution is 0.288. The van der Waals surface area contributed by atoms with E-state index in [1.807, 2.05) is 26.0 Å². The van der Waals surface area contributed by atoms with E-state index < -0.39 is 0 Å². The number of hydrogen-bond acceptors (Lipinski definition) is 4. The number of benzene rings is 1. The lowest BCUT2D eigenvalue weighted by atomic mass is 10.1. The molecule has 0 amide bonds. The topological polar surface area (TPSA) is 57.4 Å². The van der Waals surface area contributed by atoms with Gasteiger partial charge in [-0.25, -0.2) is 4.98 Å². The van der Waals surface area contributed by atoms with Gasteiger partial charge in [0.1, 0.15) is 5.82 Å². The van der Waals surface area contributed by atoms with Crippen molar-refractivity contribution in [2.45, 2.75) is 33.6 Å². The minimum Gasteiger partial charge on any atom is -0.490 e. The maximum atomic E-state index is 6.01. The molecule has 0 bridgehead atoms. The van der Waals surface area contributed by atoms with E-state index in [4.69, 9.17) is 15.2 Å². The highest BCUT2D eigenvalue weighted by Crippen LogP contribution is 2.33. The lowest BCUT2D eigenvalue weighted by Gasteiger charge is -2.13. The van der Waals surface area contributed by atoms with Crippen molar-refractivity contribution in [3.63, 3.8) is 0 Å². The molecule has 0 aliphatic heterocycles. The van der Waals surface area contributed by atoms with Gasteiger partial charge in [0.05, 0.1) is 18.7 Å². The molecule has 0 saturated heterocycles. The molecule has 4 heteroatoms. The SMILES string of the molecule is CCCc1cc2cc(OCC)c(OCC)cc2nc1N. The molecule has 0 aliphatic rings. The third-order valence-corrected chi connectivity index (χ3v) is 3.11. The highest BCUT2D eigenvalue weighted by Gasteiger charge is 2.10. The molecule has 0 saturated carbocycles. The number of hydrogen-bond donors (Lipinski definition) is 1. The number of nitrogens with two attached hydrogens (primary N) is 1. The number of nitrogens with zero attached hydrogens (tertiary/aromatic N) is 1. The van der Waals surface area contributed by atoms with Crippen LogP contribution in [-0.4, -0.2) is 18.2 Å². The summed E-state index contributed by atoms with van der Waals surface area (Å²) in [6, 6.07) is 5.98. The molecule has 1 aromatic carbocycles. The second-order valence-corrected chi connectivity index (χ2v) is 4.64. The van der Waals surface area contributed by atoms with Crippen molar-refractivity contribution in [1.82, 2.24) is 4.98 Å². The Morgan fingerprint density at radius 1 is 1.00 bits per heavy atom. The average Bonchev–Trinajstić information content (AvgIpc) is 2.42. The largest absolute Gasteiger partial charge is 0.490 e. The van der Waals surface area contributed by atoms with Crippen LogP contribution in [0, 0.1) is 0 Å². The van der Waals surface area contributed by atoms with E-state index in [-0.39, 0.29) is 0 Å². The standard InChI is InChI=1S/C16H22N2O2/c1-4-7-11-8-12-9-14(19-5-2)15(20-6-3)10-13(12)18-16(11)17/h8-10H,4-7H2,1-3H3,(H2,17,18). The number of fused-ring (bicyclic) bond motifs is 1. The highest BCUT2D eigenvalue weighted by atomic mass is 16.5. The number of nitrogen functional groups attached to an aromatic ring is 1. The molecule has 108 valence electrons. The third kappa shape index (κ3) is 2.95. The number of aryl methyl sites for hydroxylation is 1. The minimum absolute atomic E-state index is 0.592. The zero-order valence-corrected chi connectivity index (χ0v) is 12.4. The van der Waals surface area contributed by atoms with Crippen LogP contribution in [0.25, 0.3) is 10.9 Å². The van der Waals surface area contributed by atoms with Crippen LogP contribution in [0.2, 0.25) is 0 Å². The molecular weight excluding hydrogens is 252 g/mol. The van der Waals surface area contributed by atoms with E-state index >= 15 is 0 Å². The number of anilines is 1. The first kappa shape index (κ1) is 14.4. The van der Waals surface area contributed by atoms with Crippen molar-refractivity contribution in [2.24, 2.45) is 0 Å². The molecule has 0 aliphatic carbocycles. The number of ether oxygens (including phenoxy) is 2. The fourth-order valence-corrected chi connectivity index (χ4v) is 2.25. The third-order valence-electron chi connectivity index (χ3n) is 3.11. The summed E-state index contributed by atoms with van der Waals surface area (Å²) in [4.78, 5) is 4.48. The normalized spacial score (nSPS) is 10.8. The molecule has 4 nitrogen and oxygen atoms in total. The molecule has 1 aromatic heterocycles. The molecule has 0 unspecified atom stereocenters. The predicted molar refractivity (Wildman–Crippen MR) is 82.5 cm³/mol. The molecule has 1 heterocycles. The van der Waals surface area contributed by atoms with E-state index in [1.54, 1.807) is 0 Å². The van der Waals surface area contributed by atoms with Gasteiger partial charge in [0.2, 0.25) is 0 Å². The Kier molecular flexibility index (Phi) is 4.66. The first-order chi connectivity index (χ1) is 9.69. The Labute approximate surface area is 119 Å². The van der Waals surface area contributed by atoms with Gasteiger partial charge < -0.3 is 15.2 Å². The van der Waals surface area contributed by atoms with Crippen LogP contribution >= 0.6 is 0 Å². The zero-order chi connectivity index (χ0) is 14.5. The van der Waals surface area contributed by atoms with Crippen LogP contribution in [0.5, 0.6) is 11.5 Å². The van der Waals surface area contributed by atoms with Crippen LogP contribution in [-0.2, 0) is 6.42 Å². The first-order valence-corrected chi connectivity index (χ1v) is 7.18.